The molecule has 0 amide bonds. The van der Waals surface area contributed by atoms with Crippen LogP contribution in [0.5, 0.6) is 0 Å². The second kappa shape index (κ2) is 10.3. The molecule has 0 aliphatic heterocycles. The molecule has 0 atom stereocenters. The molecule has 0 radical (unpaired) electrons. The molecule has 36 heavy (non-hydrogen) atoms. The second-order valence-corrected chi connectivity index (χ2v) is 53.5. The van der Waals surface area contributed by atoms with Crippen LogP contribution < -0.4 is 0 Å². The Hall–Kier alpha value is -1.63. The molecule has 2 aliphatic carbocycles. The van der Waals surface area contributed by atoms with Gasteiger partial charge in [-0.3, -0.25) is 0 Å². The summed E-state index contributed by atoms with van der Waals surface area (Å²) in [4.78, 5) is 0. The van der Waals surface area contributed by atoms with Crippen molar-refractivity contribution in [2.24, 2.45) is 0 Å². The first-order valence-corrected chi connectivity index (χ1v) is 30.1. The Balaban J connectivity index is 0.00000152. The van der Waals surface area contributed by atoms with E-state index in [1.807, 2.05) is 0 Å². The zero-order chi connectivity index (χ0) is 23.4. The SMILES string of the molecule is Cl.Cl.[CH3][Zr]([CH3])(=[GeH2])([C]1=CC(c2cccc3ccccc23)=CC1)[C]1=CC(c2cccc3ccccc23)=CC1. The normalized spacial score (nSPS) is 15.5. The Kier molecular flexibility index (Phi) is 7.81. The number of allylic oxidation sites excluding steroid dienone is 8. The Bertz CT molecular complexity index is 1550. The molecule has 0 bridgehead atoms. The van der Waals surface area contributed by atoms with Gasteiger partial charge < -0.3 is 0 Å². The standard InChI is InChI=1S/2C15H11.2CH3.2ClH.GeH2.Zr/c2*1-2-7-12(6-1)15-11-5-9-13-8-3-4-10-14(13)15;;;;;;/h2*3-11H,1H2;2*1H3;2*1H;1H2;. The van der Waals surface area contributed by atoms with E-state index in [1.165, 1.54) is 56.0 Å². The summed E-state index contributed by atoms with van der Waals surface area (Å²) in [5.41, 5.74) is 5.61. The molecule has 6 rings (SSSR count). The third kappa shape index (κ3) is 4.69. The molecule has 0 saturated heterocycles. The summed E-state index contributed by atoms with van der Waals surface area (Å²) >= 11 is -1.73. The molecular weight excluding hydrogens is 619 g/mol. The van der Waals surface area contributed by atoms with Crippen molar-refractivity contribution in [2.45, 2.75) is 22.1 Å². The molecule has 0 nitrogen and oxygen atoms in total. The Morgan fingerprint density at radius 1 is 0.556 bits per heavy atom. The summed E-state index contributed by atoms with van der Waals surface area (Å²) in [5, 5.41) is 5.38. The van der Waals surface area contributed by atoms with Gasteiger partial charge in [-0.15, -0.1) is 24.8 Å². The van der Waals surface area contributed by atoms with Crippen LogP contribution in [0, 0.1) is 0 Å². The van der Waals surface area contributed by atoms with E-state index in [9.17, 15) is 0 Å². The Morgan fingerprint density at radius 2 is 0.944 bits per heavy atom. The van der Waals surface area contributed by atoms with Gasteiger partial charge in [0.1, 0.15) is 0 Å². The van der Waals surface area contributed by atoms with Crippen molar-refractivity contribution in [3.8, 4) is 0 Å². The molecule has 0 heterocycles. The van der Waals surface area contributed by atoms with Gasteiger partial charge in [-0.25, -0.2) is 0 Å². The quantitative estimate of drug-likeness (QED) is 0.193. The van der Waals surface area contributed by atoms with E-state index in [2.05, 4.69) is 118 Å². The van der Waals surface area contributed by atoms with Crippen LogP contribution in [0.1, 0.15) is 24.0 Å². The van der Waals surface area contributed by atoms with Crippen LogP contribution >= 0.6 is 24.8 Å². The van der Waals surface area contributed by atoms with Gasteiger partial charge in [-0.1, -0.05) is 0 Å². The van der Waals surface area contributed by atoms with E-state index >= 15 is 0 Å². The summed E-state index contributed by atoms with van der Waals surface area (Å²) in [5.74, 6) is 0. The summed E-state index contributed by atoms with van der Waals surface area (Å²) in [6.45, 7) is 0. The molecule has 182 valence electrons. The van der Waals surface area contributed by atoms with Gasteiger partial charge in [0.25, 0.3) is 0 Å². The zero-order valence-electron chi connectivity index (χ0n) is 20.8. The molecule has 2 aliphatic rings. The van der Waals surface area contributed by atoms with E-state index in [-0.39, 0.29) is 24.8 Å². The van der Waals surface area contributed by atoms with Crippen LogP contribution in [0.25, 0.3) is 32.7 Å². The predicted octanol–water partition coefficient (Wildman–Crippen LogP) is 9.21. The van der Waals surface area contributed by atoms with Crippen LogP contribution in [-0.2, 0) is 15.7 Å². The third-order valence-corrected chi connectivity index (χ3v) is 31.1. The van der Waals surface area contributed by atoms with E-state index in [0.29, 0.717) is 0 Å². The van der Waals surface area contributed by atoms with Crippen molar-refractivity contribution in [3.63, 3.8) is 0 Å². The summed E-state index contributed by atoms with van der Waals surface area (Å²) in [6, 6.07) is 31.0. The Labute approximate surface area is 232 Å². The van der Waals surface area contributed by atoms with Crippen LogP contribution in [-0.4, -0.2) is 12.1 Å². The molecule has 4 aromatic carbocycles. The Morgan fingerprint density at radius 3 is 1.39 bits per heavy atom. The van der Waals surface area contributed by atoms with E-state index in [4.69, 9.17) is 0 Å². The van der Waals surface area contributed by atoms with Gasteiger partial charge in [0.15, 0.2) is 0 Å². The number of hydrogen-bond donors (Lipinski definition) is 0. The van der Waals surface area contributed by atoms with Crippen molar-refractivity contribution >= 4 is 69.6 Å². The predicted molar refractivity (Wildman–Crippen MR) is 164 cm³/mol. The van der Waals surface area contributed by atoms with E-state index < -0.39 is 15.7 Å². The van der Waals surface area contributed by atoms with Gasteiger partial charge >= 0.3 is 210 Å². The summed E-state index contributed by atoms with van der Waals surface area (Å²) in [7, 11) is 0. The number of hydrogen-bond acceptors (Lipinski definition) is 0. The van der Waals surface area contributed by atoms with E-state index in [1.54, 1.807) is 6.56 Å². The molecule has 4 heteroatoms. The summed E-state index contributed by atoms with van der Waals surface area (Å²) < 4.78 is 8.86. The van der Waals surface area contributed by atoms with Crippen molar-refractivity contribution in [3.05, 3.63) is 127 Å². The number of benzene rings is 4. The van der Waals surface area contributed by atoms with Gasteiger partial charge in [0.05, 0.1) is 0 Å². The monoisotopic (exact) mass is 650 g/mol. The van der Waals surface area contributed by atoms with Gasteiger partial charge in [-0.05, 0) is 0 Å². The second-order valence-electron chi connectivity index (χ2n) is 10.8. The minimum atomic E-state index is -3.14. The number of fused-ring (bicyclic) bond motifs is 2. The molecular formula is C32H32Cl2GeZr. The summed E-state index contributed by atoms with van der Waals surface area (Å²) in [6.07, 6.45) is 12.4. The van der Waals surface area contributed by atoms with Gasteiger partial charge in [0, 0.05) is 0 Å². The molecule has 0 N–H and O–H groups in total. The number of halogens is 2. The molecule has 0 spiro atoms. The maximum atomic E-state index is 2.68. The van der Waals surface area contributed by atoms with Crippen LogP contribution in [0.15, 0.2) is 116 Å². The van der Waals surface area contributed by atoms with Crippen LogP contribution in [0.3, 0.4) is 0 Å². The molecule has 0 aromatic heterocycles. The van der Waals surface area contributed by atoms with Crippen molar-refractivity contribution in [1.29, 1.82) is 0 Å². The van der Waals surface area contributed by atoms with Crippen molar-refractivity contribution in [2.75, 3.05) is 0 Å². The number of rotatable bonds is 4. The molecule has 4 aromatic rings. The van der Waals surface area contributed by atoms with Crippen LogP contribution in [0.2, 0.25) is 9.26 Å². The van der Waals surface area contributed by atoms with Gasteiger partial charge in [-0.2, -0.15) is 0 Å². The van der Waals surface area contributed by atoms with Crippen molar-refractivity contribution < 1.29 is 15.7 Å². The zero-order valence-corrected chi connectivity index (χ0v) is 27.9. The first-order valence-electron chi connectivity index (χ1n) is 12.3. The third-order valence-electron chi connectivity index (χ3n) is 8.00. The van der Waals surface area contributed by atoms with Gasteiger partial charge in [0.2, 0.25) is 0 Å². The first-order chi connectivity index (χ1) is 16.4. The average molecular weight is 651 g/mol. The fourth-order valence-electron chi connectivity index (χ4n) is 5.70. The topological polar surface area (TPSA) is 0 Å². The fraction of sp³-hybridized carbons (Fsp3) is 0.125. The molecule has 0 saturated carbocycles. The maximum absolute atomic E-state index is 3.14. The molecule has 0 unspecified atom stereocenters. The van der Waals surface area contributed by atoms with Crippen molar-refractivity contribution in [1.82, 2.24) is 0 Å². The average Bonchev–Trinajstić information content (AvgIpc) is 3.55. The fourth-order valence-corrected chi connectivity index (χ4v) is 19.6. The first kappa shape index (κ1) is 27.4. The minimum absolute atomic E-state index is 0. The molecule has 0 fully saturated rings. The van der Waals surface area contributed by atoms with Crippen LogP contribution in [0.4, 0.5) is 0 Å². The van der Waals surface area contributed by atoms with E-state index in [0.717, 1.165) is 12.8 Å².